The summed E-state index contributed by atoms with van der Waals surface area (Å²) in [6.07, 6.45) is 22.6. The van der Waals surface area contributed by atoms with Gasteiger partial charge in [0.05, 0.1) is 0 Å². The molecule has 0 atom stereocenters. The van der Waals surface area contributed by atoms with Gasteiger partial charge in [0.1, 0.15) is 11.5 Å². The van der Waals surface area contributed by atoms with E-state index < -0.39 is 0 Å². The topological polar surface area (TPSA) is 40.5 Å². The van der Waals surface area contributed by atoms with Crippen molar-refractivity contribution in [2.24, 2.45) is 0 Å². The normalized spacial score (nSPS) is 11.4. The van der Waals surface area contributed by atoms with Crippen LogP contribution in [-0.4, -0.2) is 10.2 Å². The molecule has 2 nitrogen and oxygen atoms in total. The third-order valence-electron chi connectivity index (χ3n) is 4.69. The van der Waals surface area contributed by atoms with Gasteiger partial charge in [-0.25, -0.2) is 0 Å². The predicted octanol–water partition coefficient (Wildman–Crippen LogP) is 7.29. The summed E-state index contributed by atoms with van der Waals surface area (Å²) in [6, 6.07) is 4.88. The molecule has 0 fully saturated rings. The highest BCUT2D eigenvalue weighted by Crippen LogP contribution is 2.22. The monoisotopic (exact) mass is 346 g/mol. The van der Waals surface area contributed by atoms with E-state index in [-0.39, 0.29) is 11.5 Å². The van der Waals surface area contributed by atoms with Crippen molar-refractivity contribution in [1.82, 2.24) is 0 Å². The molecule has 0 aliphatic carbocycles. The van der Waals surface area contributed by atoms with Crippen molar-refractivity contribution in [3.05, 3.63) is 35.9 Å². The molecule has 2 N–H and O–H groups in total. The molecule has 0 aromatic heterocycles. The first kappa shape index (κ1) is 21.6. The fourth-order valence-electron chi connectivity index (χ4n) is 3.19. The van der Waals surface area contributed by atoms with Gasteiger partial charge in [0.25, 0.3) is 0 Å². The third kappa shape index (κ3) is 12.6. The molecular formula is C23H38O2. The molecular weight excluding hydrogens is 308 g/mol. The zero-order valence-electron chi connectivity index (χ0n) is 16.2. The third-order valence-corrected chi connectivity index (χ3v) is 4.69. The molecule has 0 saturated carbocycles. The van der Waals surface area contributed by atoms with Gasteiger partial charge in [0.2, 0.25) is 0 Å². The van der Waals surface area contributed by atoms with Gasteiger partial charge in [-0.1, -0.05) is 76.9 Å². The van der Waals surface area contributed by atoms with Crippen LogP contribution in [0.5, 0.6) is 11.5 Å². The molecule has 0 unspecified atom stereocenters. The Labute approximate surface area is 155 Å². The first-order valence-corrected chi connectivity index (χ1v) is 10.4. The van der Waals surface area contributed by atoms with E-state index in [2.05, 4.69) is 19.1 Å². The lowest BCUT2D eigenvalue weighted by atomic mass is 10.0. The van der Waals surface area contributed by atoms with Crippen LogP contribution in [0.4, 0.5) is 0 Å². The van der Waals surface area contributed by atoms with Gasteiger partial charge in [0.15, 0.2) is 0 Å². The van der Waals surface area contributed by atoms with E-state index >= 15 is 0 Å². The zero-order chi connectivity index (χ0) is 18.2. The molecule has 0 amide bonds. The van der Waals surface area contributed by atoms with Crippen molar-refractivity contribution in [3.8, 4) is 11.5 Å². The van der Waals surface area contributed by atoms with Gasteiger partial charge in [-0.15, -0.1) is 0 Å². The largest absolute Gasteiger partial charge is 0.508 e. The Morgan fingerprint density at radius 2 is 1.12 bits per heavy atom. The van der Waals surface area contributed by atoms with Crippen molar-refractivity contribution in [1.29, 1.82) is 0 Å². The molecule has 0 aliphatic heterocycles. The highest BCUT2D eigenvalue weighted by atomic mass is 16.3. The van der Waals surface area contributed by atoms with Crippen molar-refractivity contribution in [2.75, 3.05) is 0 Å². The Hall–Kier alpha value is -1.44. The van der Waals surface area contributed by atoms with E-state index in [0.717, 1.165) is 18.4 Å². The van der Waals surface area contributed by atoms with E-state index in [1.54, 1.807) is 12.1 Å². The molecule has 2 heteroatoms. The van der Waals surface area contributed by atoms with Crippen molar-refractivity contribution in [2.45, 2.75) is 96.8 Å². The van der Waals surface area contributed by atoms with Crippen molar-refractivity contribution >= 4 is 0 Å². The van der Waals surface area contributed by atoms with Crippen LogP contribution in [-0.2, 0) is 6.42 Å². The standard InChI is InChI=1S/C23H38O2/c1-2-3-4-5-6-7-8-9-10-11-12-13-14-15-16-17-21-18-22(24)20-23(25)19-21/h5-6,18-20,24-25H,2-4,7-17H2,1H3/b6-5+. The van der Waals surface area contributed by atoms with Crippen LogP contribution in [0.1, 0.15) is 96.0 Å². The Balaban J connectivity index is 1.85. The average Bonchev–Trinajstić information content (AvgIpc) is 2.57. The maximum atomic E-state index is 9.46. The Morgan fingerprint density at radius 3 is 1.68 bits per heavy atom. The van der Waals surface area contributed by atoms with Crippen LogP contribution in [0.15, 0.2) is 30.4 Å². The summed E-state index contributed by atoms with van der Waals surface area (Å²) in [5.41, 5.74) is 1.03. The first-order valence-electron chi connectivity index (χ1n) is 10.4. The number of rotatable bonds is 15. The Bertz CT molecular complexity index is 445. The molecule has 0 heterocycles. The minimum absolute atomic E-state index is 0.159. The van der Waals surface area contributed by atoms with Crippen LogP contribution >= 0.6 is 0 Å². The highest BCUT2D eigenvalue weighted by Gasteiger charge is 1.99. The first-order chi connectivity index (χ1) is 12.2. The summed E-state index contributed by atoms with van der Waals surface area (Å²) >= 11 is 0. The molecule has 25 heavy (non-hydrogen) atoms. The minimum Gasteiger partial charge on any atom is -0.508 e. The van der Waals surface area contributed by atoms with Gasteiger partial charge in [-0.2, -0.15) is 0 Å². The molecule has 0 bridgehead atoms. The fourth-order valence-corrected chi connectivity index (χ4v) is 3.19. The van der Waals surface area contributed by atoms with Gasteiger partial charge in [-0.05, 0) is 49.8 Å². The number of unbranched alkanes of at least 4 members (excludes halogenated alkanes) is 11. The van der Waals surface area contributed by atoms with Gasteiger partial charge in [-0.3, -0.25) is 0 Å². The predicted molar refractivity (Wildman–Crippen MR) is 108 cm³/mol. The molecule has 142 valence electrons. The Kier molecular flexibility index (Phi) is 12.8. The molecule has 1 aromatic rings. The van der Waals surface area contributed by atoms with Gasteiger partial charge < -0.3 is 10.2 Å². The van der Waals surface area contributed by atoms with Crippen LogP contribution in [0, 0.1) is 0 Å². The summed E-state index contributed by atoms with van der Waals surface area (Å²) < 4.78 is 0. The number of benzene rings is 1. The fraction of sp³-hybridized carbons (Fsp3) is 0.652. The molecule has 0 saturated heterocycles. The number of hydrogen-bond donors (Lipinski definition) is 2. The van der Waals surface area contributed by atoms with Crippen LogP contribution in [0.3, 0.4) is 0 Å². The number of aromatic hydroxyl groups is 2. The Morgan fingerprint density at radius 1 is 0.640 bits per heavy atom. The van der Waals surface area contributed by atoms with E-state index in [9.17, 15) is 10.2 Å². The summed E-state index contributed by atoms with van der Waals surface area (Å²) in [6.45, 7) is 2.24. The number of hydrogen-bond acceptors (Lipinski definition) is 2. The minimum atomic E-state index is 0.159. The summed E-state index contributed by atoms with van der Waals surface area (Å²) in [5, 5.41) is 18.9. The van der Waals surface area contributed by atoms with Gasteiger partial charge >= 0.3 is 0 Å². The van der Waals surface area contributed by atoms with Crippen molar-refractivity contribution < 1.29 is 10.2 Å². The van der Waals surface area contributed by atoms with E-state index in [1.165, 1.54) is 83.1 Å². The van der Waals surface area contributed by atoms with Crippen LogP contribution in [0.2, 0.25) is 0 Å². The second kappa shape index (κ2) is 14.9. The highest BCUT2D eigenvalue weighted by molar-refractivity contribution is 5.36. The number of allylic oxidation sites excluding steroid dienone is 2. The molecule has 1 rings (SSSR count). The molecule has 0 aliphatic rings. The summed E-state index contributed by atoms with van der Waals surface area (Å²) in [5.74, 6) is 0.318. The number of aryl methyl sites for hydroxylation is 1. The van der Waals surface area contributed by atoms with Gasteiger partial charge in [0, 0.05) is 6.07 Å². The molecule has 0 spiro atoms. The van der Waals surface area contributed by atoms with E-state index in [0.29, 0.717) is 0 Å². The molecule has 0 radical (unpaired) electrons. The quantitative estimate of drug-likeness (QED) is 0.258. The van der Waals surface area contributed by atoms with E-state index in [1.807, 2.05) is 0 Å². The van der Waals surface area contributed by atoms with Crippen LogP contribution in [0.25, 0.3) is 0 Å². The average molecular weight is 347 g/mol. The lowest BCUT2D eigenvalue weighted by Gasteiger charge is -2.04. The summed E-state index contributed by atoms with van der Waals surface area (Å²) in [4.78, 5) is 0. The summed E-state index contributed by atoms with van der Waals surface area (Å²) in [7, 11) is 0. The van der Waals surface area contributed by atoms with Crippen molar-refractivity contribution in [3.63, 3.8) is 0 Å². The molecule has 1 aromatic carbocycles. The number of phenols is 2. The SMILES string of the molecule is CCCC/C=C/CCCCCCCCCCCc1cc(O)cc(O)c1. The zero-order valence-corrected chi connectivity index (χ0v) is 16.2. The maximum Gasteiger partial charge on any atom is 0.119 e. The smallest absolute Gasteiger partial charge is 0.119 e. The van der Waals surface area contributed by atoms with E-state index in [4.69, 9.17) is 0 Å². The maximum absolute atomic E-state index is 9.46. The lowest BCUT2D eigenvalue weighted by Crippen LogP contribution is -1.87. The second-order valence-electron chi connectivity index (χ2n) is 7.19. The van der Waals surface area contributed by atoms with Crippen LogP contribution < -0.4 is 0 Å². The lowest BCUT2D eigenvalue weighted by molar-refractivity contribution is 0.449. The second-order valence-corrected chi connectivity index (χ2v) is 7.19. The number of phenolic OH excluding ortho intramolecular Hbond substituents is 2.